The number of nitrogen functional groups attached to an aromatic ring is 1. The predicted octanol–water partition coefficient (Wildman–Crippen LogP) is 0.461. The van der Waals surface area contributed by atoms with Gasteiger partial charge in [0.25, 0.3) is 0 Å². The Kier molecular flexibility index (Phi) is 2.95. The maximum atomic E-state index is 5.73. The molecule has 0 saturated heterocycles. The van der Waals surface area contributed by atoms with E-state index in [1.807, 2.05) is 0 Å². The normalized spacial score (nSPS) is 10.3. The lowest BCUT2D eigenvalue weighted by Gasteiger charge is -1.98. The molecule has 0 amide bonds. The van der Waals surface area contributed by atoms with Crippen LogP contribution >= 0.6 is 0 Å². The number of nitrogens with one attached hydrogen (secondary N) is 1. The topological polar surface area (TPSA) is 94.5 Å². The van der Waals surface area contributed by atoms with Gasteiger partial charge in [0.2, 0.25) is 11.9 Å². The summed E-state index contributed by atoms with van der Waals surface area (Å²) < 4.78 is 1.45. The third-order valence-corrected chi connectivity index (χ3v) is 1.93. The quantitative estimate of drug-likeness (QED) is 0.775. The summed E-state index contributed by atoms with van der Waals surface area (Å²) in [6.07, 6.45) is 5.75. The second kappa shape index (κ2) is 4.56. The zero-order valence-electron chi connectivity index (χ0n) is 8.96. The molecule has 7 heteroatoms. The molecule has 3 N–H and O–H groups in total. The van der Waals surface area contributed by atoms with Crippen LogP contribution in [0.25, 0.3) is 5.82 Å². The summed E-state index contributed by atoms with van der Waals surface area (Å²) in [5.74, 6) is 1.35. The number of hydrogen-bond acceptors (Lipinski definition) is 6. The zero-order chi connectivity index (χ0) is 11.4. The van der Waals surface area contributed by atoms with Gasteiger partial charge in [0.15, 0.2) is 5.82 Å². The van der Waals surface area contributed by atoms with Crippen molar-refractivity contribution in [2.75, 3.05) is 17.6 Å². The molecule has 2 aromatic heterocycles. The molecule has 16 heavy (non-hydrogen) atoms. The Morgan fingerprint density at radius 1 is 1.44 bits per heavy atom. The number of aromatic nitrogens is 5. The maximum Gasteiger partial charge on any atom is 0.244 e. The molecule has 0 unspecified atom stereocenters. The highest BCUT2D eigenvalue weighted by Crippen LogP contribution is 2.09. The Bertz CT molecular complexity index is 450. The molecule has 2 rings (SSSR count). The Morgan fingerprint density at radius 3 is 3.00 bits per heavy atom. The summed E-state index contributed by atoms with van der Waals surface area (Å²) in [4.78, 5) is 12.1. The fourth-order valence-corrected chi connectivity index (χ4v) is 1.21. The highest BCUT2D eigenvalue weighted by molar-refractivity contribution is 5.37. The van der Waals surface area contributed by atoms with Crippen LogP contribution < -0.4 is 11.1 Å². The van der Waals surface area contributed by atoms with Crippen molar-refractivity contribution >= 4 is 11.9 Å². The predicted molar refractivity (Wildman–Crippen MR) is 60.1 cm³/mol. The monoisotopic (exact) mass is 219 g/mol. The van der Waals surface area contributed by atoms with Gasteiger partial charge in [-0.15, -0.1) is 5.10 Å². The van der Waals surface area contributed by atoms with Gasteiger partial charge in [-0.1, -0.05) is 6.92 Å². The summed E-state index contributed by atoms with van der Waals surface area (Å²) >= 11 is 0. The second-order valence-corrected chi connectivity index (χ2v) is 3.20. The fraction of sp³-hybridized carbons (Fsp3) is 0.333. The fourth-order valence-electron chi connectivity index (χ4n) is 1.21. The van der Waals surface area contributed by atoms with Gasteiger partial charge in [-0.05, 0) is 6.42 Å². The summed E-state index contributed by atoms with van der Waals surface area (Å²) in [7, 11) is 0. The minimum atomic E-state index is 0.291. The van der Waals surface area contributed by atoms with Crippen molar-refractivity contribution in [2.45, 2.75) is 13.3 Å². The van der Waals surface area contributed by atoms with Gasteiger partial charge < -0.3 is 11.1 Å². The molecule has 0 aliphatic carbocycles. The van der Waals surface area contributed by atoms with Crippen molar-refractivity contribution in [1.82, 2.24) is 24.7 Å². The van der Waals surface area contributed by atoms with Crippen LogP contribution in [0.15, 0.2) is 18.6 Å². The van der Waals surface area contributed by atoms with E-state index in [9.17, 15) is 0 Å². The molecule has 0 aromatic carbocycles. The third kappa shape index (κ3) is 2.08. The molecular weight excluding hydrogens is 206 g/mol. The van der Waals surface area contributed by atoms with E-state index in [2.05, 4.69) is 32.3 Å². The number of nitrogens with zero attached hydrogens (tertiary/aromatic N) is 5. The van der Waals surface area contributed by atoms with Crippen molar-refractivity contribution in [3.05, 3.63) is 18.6 Å². The van der Waals surface area contributed by atoms with E-state index in [1.165, 1.54) is 4.68 Å². The van der Waals surface area contributed by atoms with Crippen LogP contribution in [0.1, 0.15) is 13.3 Å². The molecule has 0 atom stereocenters. The molecule has 2 aromatic rings. The van der Waals surface area contributed by atoms with Crippen LogP contribution in [0.2, 0.25) is 0 Å². The van der Waals surface area contributed by atoms with E-state index >= 15 is 0 Å². The van der Waals surface area contributed by atoms with Crippen molar-refractivity contribution in [3.8, 4) is 5.82 Å². The molecule has 0 aliphatic heterocycles. The average molecular weight is 219 g/mol. The minimum Gasteiger partial charge on any atom is -0.368 e. The van der Waals surface area contributed by atoms with Crippen LogP contribution in [-0.4, -0.2) is 31.3 Å². The Hall–Kier alpha value is -2.18. The largest absolute Gasteiger partial charge is 0.368 e. The first-order valence-corrected chi connectivity index (χ1v) is 5.04. The SMILES string of the molecule is CCCNc1nc(N)n(-c2cnccn2)n1. The highest BCUT2D eigenvalue weighted by Gasteiger charge is 2.08. The molecule has 7 nitrogen and oxygen atoms in total. The molecule has 0 fully saturated rings. The number of anilines is 2. The van der Waals surface area contributed by atoms with Gasteiger partial charge in [-0.3, -0.25) is 4.98 Å². The smallest absolute Gasteiger partial charge is 0.244 e. The lowest BCUT2D eigenvalue weighted by molar-refractivity contribution is 0.843. The van der Waals surface area contributed by atoms with Crippen LogP contribution in [0, 0.1) is 0 Å². The van der Waals surface area contributed by atoms with Crippen molar-refractivity contribution in [2.24, 2.45) is 0 Å². The number of hydrogen-bond donors (Lipinski definition) is 2. The Labute approximate surface area is 92.7 Å². The number of nitrogens with two attached hydrogens (primary N) is 1. The van der Waals surface area contributed by atoms with E-state index in [1.54, 1.807) is 18.6 Å². The van der Waals surface area contributed by atoms with Gasteiger partial charge in [-0.25, -0.2) is 4.98 Å². The molecule has 2 heterocycles. The maximum absolute atomic E-state index is 5.73. The Balaban J connectivity index is 2.25. The summed E-state index contributed by atoms with van der Waals surface area (Å²) in [6.45, 7) is 2.87. The van der Waals surface area contributed by atoms with E-state index < -0.39 is 0 Å². The molecule has 0 spiro atoms. The molecule has 0 saturated carbocycles. The van der Waals surface area contributed by atoms with E-state index in [0.29, 0.717) is 17.7 Å². The lowest BCUT2D eigenvalue weighted by Crippen LogP contribution is -2.05. The van der Waals surface area contributed by atoms with Gasteiger partial charge >= 0.3 is 0 Å². The number of rotatable bonds is 4. The zero-order valence-corrected chi connectivity index (χ0v) is 8.96. The first-order chi connectivity index (χ1) is 7.81. The molecule has 0 radical (unpaired) electrons. The first-order valence-electron chi connectivity index (χ1n) is 5.04. The summed E-state index contributed by atoms with van der Waals surface area (Å²) in [5, 5.41) is 7.24. The molecule has 0 bridgehead atoms. The van der Waals surface area contributed by atoms with Gasteiger partial charge in [-0.2, -0.15) is 9.67 Å². The van der Waals surface area contributed by atoms with Crippen LogP contribution in [-0.2, 0) is 0 Å². The summed E-state index contributed by atoms with van der Waals surface area (Å²) in [6, 6.07) is 0. The molecule has 84 valence electrons. The Morgan fingerprint density at radius 2 is 2.31 bits per heavy atom. The van der Waals surface area contributed by atoms with E-state index in [0.717, 1.165) is 13.0 Å². The first kappa shape index (κ1) is 10.3. The van der Waals surface area contributed by atoms with Crippen molar-refractivity contribution < 1.29 is 0 Å². The minimum absolute atomic E-state index is 0.291. The standard InChI is InChI=1S/C9H13N7/c1-2-3-13-9-14-8(10)16(15-9)7-6-11-4-5-12-7/h4-6H,2-3H2,1H3,(H3,10,13,14,15). The summed E-state index contributed by atoms with van der Waals surface area (Å²) in [5.41, 5.74) is 5.73. The van der Waals surface area contributed by atoms with E-state index in [4.69, 9.17) is 5.73 Å². The average Bonchev–Trinajstić information content (AvgIpc) is 2.69. The molecular formula is C9H13N7. The van der Waals surface area contributed by atoms with Crippen LogP contribution in [0.3, 0.4) is 0 Å². The van der Waals surface area contributed by atoms with Gasteiger partial charge in [0.1, 0.15) is 0 Å². The van der Waals surface area contributed by atoms with Crippen molar-refractivity contribution in [1.29, 1.82) is 0 Å². The van der Waals surface area contributed by atoms with Crippen LogP contribution in [0.4, 0.5) is 11.9 Å². The molecule has 0 aliphatic rings. The van der Waals surface area contributed by atoms with Crippen molar-refractivity contribution in [3.63, 3.8) is 0 Å². The van der Waals surface area contributed by atoms with Gasteiger partial charge in [0.05, 0.1) is 6.20 Å². The lowest BCUT2D eigenvalue weighted by atomic mass is 10.5. The van der Waals surface area contributed by atoms with E-state index in [-0.39, 0.29) is 0 Å². The van der Waals surface area contributed by atoms with Gasteiger partial charge in [0, 0.05) is 18.9 Å². The highest BCUT2D eigenvalue weighted by atomic mass is 15.4. The third-order valence-electron chi connectivity index (χ3n) is 1.93. The van der Waals surface area contributed by atoms with Crippen LogP contribution in [0.5, 0.6) is 0 Å². The second-order valence-electron chi connectivity index (χ2n) is 3.20.